The zero-order chi connectivity index (χ0) is 16.4. The predicted octanol–water partition coefficient (Wildman–Crippen LogP) is 4.27. The molecule has 116 valence electrons. The molecule has 1 amide bonds. The molecule has 3 nitrogen and oxygen atoms in total. The number of carbonyl (C=O) groups excluding carboxylic acids is 1. The van der Waals surface area contributed by atoms with Crippen molar-refractivity contribution in [3.05, 3.63) is 76.2 Å². The lowest BCUT2D eigenvalue weighted by molar-refractivity contribution is 0.0952. The monoisotopic (exact) mass is 328 g/mol. The van der Waals surface area contributed by atoms with E-state index >= 15 is 0 Å². The SMILES string of the molecule is Cc1cc(C(=O)NCc2ccccc2Cl)c2cc(F)ccc2n1. The Hall–Kier alpha value is -2.46. The van der Waals surface area contributed by atoms with Gasteiger partial charge in [-0.1, -0.05) is 29.8 Å². The van der Waals surface area contributed by atoms with Crippen molar-refractivity contribution >= 4 is 28.4 Å². The van der Waals surface area contributed by atoms with Gasteiger partial charge in [-0.25, -0.2) is 4.39 Å². The Kier molecular flexibility index (Phi) is 4.26. The highest BCUT2D eigenvalue weighted by Crippen LogP contribution is 2.20. The Morgan fingerprint density at radius 3 is 2.78 bits per heavy atom. The van der Waals surface area contributed by atoms with Crippen molar-refractivity contribution in [1.82, 2.24) is 10.3 Å². The number of amides is 1. The Bertz CT molecular complexity index is 895. The molecule has 3 aromatic rings. The number of aryl methyl sites for hydroxylation is 1. The molecule has 0 aliphatic heterocycles. The second-order valence-corrected chi connectivity index (χ2v) is 5.65. The number of nitrogens with one attached hydrogen (secondary N) is 1. The van der Waals surface area contributed by atoms with Gasteiger partial charge < -0.3 is 5.32 Å². The van der Waals surface area contributed by atoms with Crippen molar-refractivity contribution in [1.29, 1.82) is 0 Å². The molecule has 1 heterocycles. The molecule has 23 heavy (non-hydrogen) atoms. The van der Waals surface area contributed by atoms with Crippen LogP contribution in [0.25, 0.3) is 10.9 Å². The molecule has 0 atom stereocenters. The molecule has 0 radical (unpaired) electrons. The smallest absolute Gasteiger partial charge is 0.252 e. The van der Waals surface area contributed by atoms with Gasteiger partial charge in [-0.15, -0.1) is 0 Å². The van der Waals surface area contributed by atoms with Crippen LogP contribution in [0.3, 0.4) is 0 Å². The maximum absolute atomic E-state index is 13.5. The number of nitrogens with zero attached hydrogens (tertiary/aromatic N) is 1. The van der Waals surface area contributed by atoms with Crippen molar-refractivity contribution in [2.75, 3.05) is 0 Å². The van der Waals surface area contributed by atoms with E-state index in [1.807, 2.05) is 18.2 Å². The maximum atomic E-state index is 13.5. The lowest BCUT2D eigenvalue weighted by atomic mass is 10.1. The molecule has 1 aromatic heterocycles. The number of pyridine rings is 1. The van der Waals surface area contributed by atoms with Crippen molar-refractivity contribution in [3.8, 4) is 0 Å². The largest absolute Gasteiger partial charge is 0.348 e. The first-order chi connectivity index (χ1) is 11.0. The van der Waals surface area contributed by atoms with Gasteiger partial charge in [0.1, 0.15) is 5.82 Å². The van der Waals surface area contributed by atoms with Gasteiger partial charge in [0.2, 0.25) is 0 Å². The molecule has 0 bridgehead atoms. The first-order valence-electron chi connectivity index (χ1n) is 7.13. The summed E-state index contributed by atoms with van der Waals surface area (Å²) in [6.45, 7) is 2.10. The number of benzene rings is 2. The predicted molar refractivity (Wildman–Crippen MR) is 89.1 cm³/mol. The molecule has 2 aromatic carbocycles. The van der Waals surface area contributed by atoms with Crippen LogP contribution in [0.4, 0.5) is 4.39 Å². The summed E-state index contributed by atoms with van der Waals surface area (Å²) >= 11 is 6.08. The minimum Gasteiger partial charge on any atom is -0.348 e. The minimum absolute atomic E-state index is 0.286. The Labute approximate surface area is 138 Å². The molecule has 0 aliphatic rings. The number of rotatable bonds is 3. The molecule has 0 unspecified atom stereocenters. The van der Waals surface area contributed by atoms with Crippen LogP contribution < -0.4 is 5.32 Å². The third kappa shape index (κ3) is 3.32. The molecule has 0 fully saturated rings. The highest BCUT2D eigenvalue weighted by molar-refractivity contribution is 6.31. The van der Waals surface area contributed by atoms with Crippen molar-refractivity contribution < 1.29 is 9.18 Å². The van der Waals surface area contributed by atoms with Gasteiger partial charge >= 0.3 is 0 Å². The summed E-state index contributed by atoms with van der Waals surface area (Å²) in [7, 11) is 0. The summed E-state index contributed by atoms with van der Waals surface area (Å²) in [5.41, 5.74) is 2.52. The Balaban J connectivity index is 1.91. The van der Waals surface area contributed by atoms with Crippen LogP contribution in [0.1, 0.15) is 21.6 Å². The first-order valence-corrected chi connectivity index (χ1v) is 7.51. The summed E-state index contributed by atoms with van der Waals surface area (Å²) in [5.74, 6) is -0.686. The lowest BCUT2D eigenvalue weighted by Gasteiger charge is -2.10. The Morgan fingerprint density at radius 1 is 1.22 bits per heavy atom. The van der Waals surface area contributed by atoms with Crippen LogP contribution >= 0.6 is 11.6 Å². The van der Waals surface area contributed by atoms with Crippen molar-refractivity contribution in [2.24, 2.45) is 0 Å². The van der Waals surface area contributed by atoms with Crippen molar-refractivity contribution in [3.63, 3.8) is 0 Å². The second kappa shape index (κ2) is 6.34. The molecule has 0 saturated heterocycles. The summed E-state index contributed by atoms with van der Waals surface area (Å²) in [5, 5.41) is 3.91. The van der Waals surface area contributed by atoms with E-state index in [9.17, 15) is 9.18 Å². The lowest BCUT2D eigenvalue weighted by Crippen LogP contribution is -2.23. The van der Waals surface area contributed by atoms with Gasteiger partial charge in [-0.05, 0) is 42.8 Å². The van der Waals surface area contributed by atoms with Crippen LogP contribution in [-0.4, -0.2) is 10.9 Å². The number of carbonyl (C=O) groups is 1. The van der Waals surface area contributed by atoms with E-state index in [2.05, 4.69) is 10.3 Å². The van der Waals surface area contributed by atoms with Crippen LogP contribution in [0.2, 0.25) is 5.02 Å². The maximum Gasteiger partial charge on any atom is 0.252 e. The van der Waals surface area contributed by atoms with E-state index in [0.717, 1.165) is 5.56 Å². The van der Waals surface area contributed by atoms with Gasteiger partial charge in [0.25, 0.3) is 5.91 Å². The van der Waals surface area contributed by atoms with Gasteiger partial charge in [0.05, 0.1) is 11.1 Å². The third-order valence-corrected chi connectivity index (χ3v) is 3.91. The van der Waals surface area contributed by atoms with Gasteiger partial charge in [-0.3, -0.25) is 9.78 Å². The molecule has 0 aliphatic carbocycles. The quantitative estimate of drug-likeness (QED) is 0.780. The average molecular weight is 329 g/mol. The Morgan fingerprint density at radius 2 is 2.00 bits per heavy atom. The normalized spacial score (nSPS) is 10.7. The van der Waals surface area contributed by atoms with Gasteiger partial charge in [0, 0.05) is 22.6 Å². The molecule has 3 rings (SSSR count). The fourth-order valence-corrected chi connectivity index (χ4v) is 2.63. The molecular weight excluding hydrogens is 315 g/mol. The molecule has 0 saturated carbocycles. The molecule has 1 N–H and O–H groups in total. The standard InChI is InChI=1S/C18H14ClFN2O/c1-11-8-15(14-9-13(20)6-7-17(14)22-11)18(23)21-10-12-4-2-3-5-16(12)19/h2-9H,10H2,1H3,(H,21,23). The number of hydrogen-bond donors (Lipinski definition) is 1. The van der Waals surface area contributed by atoms with Crippen LogP contribution in [0, 0.1) is 12.7 Å². The average Bonchev–Trinajstić information content (AvgIpc) is 2.53. The topological polar surface area (TPSA) is 42.0 Å². The number of halogens is 2. The zero-order valence-corrected chi connectivity index (χ0v) is 13.2. The fraction of sp³-hybridized carbons (Fsp3) is 0.111. The summed E-state index contributed by atoms with van der Waals surface area (Å²) < 4.78 is 13.5. The highest BCUT2D eigenvalue weighted by Gasteiger charge is 2.13. The van der Waals surface area contributed by atoms with Gasteiger partial charge in [-0.2, -0.15) is 0 Å². The summed E-state index contributed by atoms with van der Waals surface area (Å²) in [6, 6.07) is 13.2. The third-order valence-electron chi connectivity index (χ3n) is 3.54. The second-order valence-electron chi connectivity index (χ2n) is 5.25. The first kappa shape index (κ1) is 15.4. The van der Waals surface area contributed by atoms with Crippen LogP contribution in [0.15, 0.2) is 48.5 Å². The van der Waals surface area contributed by atoms with E-state index in [4.69, 9.17) is 11.6 Å². The van der Waals surface area contributed by atoms with E-state index in [1.54, 1.807) is 25.1 Å². The molecule has 0 spiro atoms. The summed E-state index contributed by atoms with van der Waals surface area (Å²) in [6.07, 6.45) is 0. The van der Waals surface area contributed by atoms with E-state index in [-0.39, 0.29) is 5.91 Å². The number of hydrogen-bond acceptors (Lipinski definition) is 2. The number of aromatic nitrogens is 1. The van der Waals surface area contributed by atoms with Crippen LogP contribution in [-0.2, 0) is 6.54 Å². The minimum atomic E-state index is -0.400. The fourth-order valence-electron chi connectivity index (χ4n) is 2.43. The zero-order valence-electron chi connectivity index (χ0n) is 12.4. The van der Waals surface area contributed by atoms with Crippen molar-refractivity contribution in [2.45, 2.75) is 13.5 Å². The number of fused-ring (bicyclic) bond motifs is 1. The summed E-state index contributed by atoms with van der Waals surface area (Å²) in [4.78, 5) is 16.8. The van der Waals surface area contributed by atoms with E-state index < -0.39 is 5.82 Å². The van der Waals surface area contributed by atoms with Gasteiger partial charge in [0.15, 0.2) is 0 Å². The highest BCUT2D eigenvalue weighted by atomic mass is 35.5. The molecule has 5 heteroatoms. The van der Waals surface area contributed by atoms with E-state index in [1.165, 1.54) is 12.1 Å². The molecular formula is C18H14ClFN2O. The van der Waals surface area contributed by atoms with E-state index in [0.29, 0.717) is 33.7 Å². The van der Waals surface area contributed by atoms with Crippen LogP contribution in [0.5, 0.6) is 0 Å².